The van der Waals surface area contributed by atoms with Gasteiger partial charge in [-0.05, 0) is 12.8 Å². The molecule has 0 unspecified atom stereocenters. The molecule has 1 amide bonds. The van der Waals surface area contributed by atoms with Gasteiger partial charge in [-0.2, -0.15) is 0 Å². The van der Waals surface area contributed by atoms with E-state index in [1.807, 2.05) is 25.7 Å². The molecule has 0 saturated heterocycles. The summed E-state index contributed by atoms with van der Waals surface area (Å²) >= 11 is 0. The van der Waals surface area contributed by atoms with E-state index in [1.165, 1.54) is 0 Å². The summed E-state index contributed by atoms with van der Waals surface area (Å²) in [5, 5.41) is 11.4. The summed E-state index contributed by atoms with van der Waals surface area (Å²) in [5.41, 5.74) is 5.05. The number of rotatable bonds is 4. The van der Waals surface area contributed by atoms with Crippen LogP contribution in [0.15, 0.2) is 5.16 Å². The third kappa shape index (κ3) is 3.40. The molecule has 0 aromatic rings. The first-order valence-corrected chi connectivity index (χ1v) is 5.63. The van der Waals surface area contributed by atoms with Crippen LogP contribution >= 0.6 is 0 Å². The van der Waals surface area contributed by atoms with Crippen LogP contribution in [0.2, 0.25) is 0 Å². The number of carbonyl (C=O) groups excluding carboxylic acids is 1. The molecule has 5 nitrogen and oxygen atoms in total. The lowest BCUT2D eigenvalue weighted by molar-refractivity contribution is -0.140. The van der Waals surface area contributed by atoms with Gasteiger partial charge in [-0.3, -0.25) is 4.79 Å². The summed E-state index contributed by atoms with van der Waals surface area (Å²) in [5.74, 6) is 0.313. The fraction of sp³-hybridized carbons (Fsp3) is 0.818. The largest absolute Gasteiger partial charge is 0.409 e. The minimum atomic E-state index is -0.367. The molecule has 0 aliphatic heterocycles. The molecule has 1 aliphatic carbocycles. The molecule has 0 spiro atoms. The van der Waals surface area contributed by atoms with E-state index in [0.717, 1.165) is 12.8 Å². The molecular weight excluding hydrogens is 206 g/mol. The van der Waals surface area contributed by atoms with Gasteiger partial charge in [-0.15, -0.1) is 0 Å². The summed E-state index contributed by atoms with van der Waals surface area (Å²) < 4.78 is 0. The molecular formula is C11H21N3O2. The van der Waals surface area contributed by atoms with Crippen LogP contribution in [-0.4, -0.2) is 34.4 Å². The highest BCUT2D eigenvalue weighted by molar-refractivity contribution is 5.84. The molecule has 0 radical (unpaired) electrons. The van der Waals surface area contributed by atoms with Gasteiger partial charge in [-0.25, -0.2) is 0 Å². The van der Waals surface area contributed by atoms with Crippen molar-refractivity contribution in [3.05, 3.63) is 0 Å². The quantitative estimate of drug-likeness (QED) is 0.327. The van der Waals surface area contributed by atoms with Gasteiger partial charge in [0.15, 0.2) is 0 Å². The number of nitrogens with two attached hydrogens (primary N) is 1. The van der Waals surface area contributed by atoms with Crippen LogP contribution in [0, 0.1) is 5.41 Å². The van der Waals surface area contributed by atoms with Gasteiger partial charge in [0.25, 0.3) is 0 Å². The average molecular weight is 227 g/mol. The topological polar surface area (TPSA) is 78.9 Å². The van der Waals surface area contributed by atoms with Gasteiger partial charge in [-0.1, -0.05) is 25.9 Å². The van der Waals surface area contributed by atoms with Crippen molar-refractivity contribution < 1.29 is 10.0 Å². The molecule has 1 saturated carbocycles. The van der Waals surface area contributed by atoms with Crippen molar-refractivity contribution in [1.29, 1.82) is 0 Å². The van der Waals surface area contributed by atoms with E-state index in [0.29, 0.717) is 19.0 Å². The van der Waals surface area contributed by atoms with Crippen LogP contribution in [-0.2, 0) is 4.79 Å². The fourth-order valence-electron chi connectivity index (χ4n) is 1.55. The monoisotopic (exact) mass is 227 g/mol. The second-order valence-corrected chi connectivity index (χ2v) is 5.32. The lowest BCUT2D eigenvalue weighted by Crippen LogP contribution is -2.42. The number of amides is 1. The lowest BCUT2D eigenvalue weighted by Gasteiger charge is -2.29. The van der Waals surface area contributed by atoms with Gasteiger partial charge in [0.1, 0.15) is 5.84 Å². The highest BCUT2D eigenvalue weighted by Crippen LogP contribution is 2.30. The molecule has 5 heteroatoms. The van der Waals surface area contributed by atoms with Crippen molar-refractivity contribution in [1.82, 2.24) is 4.90 Å². The summed E-state index contributed by atoms with van der Waals surface area (Å²) in [6, 6.07) is 0.359. The van der Waals surface area contributed by atoms with Crippen molar-refractivity contribution >= 4 is 11.7 Å². The van der Waals surface area contributed by atoms with Crippen LogP contribution in [0.1, 0.15) is 40.0 Å². The third-order valence-electron chi connectivity index (χ3n) is 2.63. The number of carbonyl (C=O) groups is 1. The minimum Gasteiger partial charge on any atom is -0.409 e. The summed E-state index contributed by atoms with van der Waals surface area (Å²) in [7, 11) is 0. The Morgan fingerprint density at radius 3 is 2.44 bits per heavy atom. The maximum Gasteiger partial charge on any atom is 0.228 e. The molecule has 16 heavy (non-hydrogen) atoms. The minimum absolute atomic E-state index is 0.140. The predicted molar refractivity (Wildman–Crippen MR) is 62.2 cm³/mol. The molecule has 0 aromatic heterocycles. The number of hydrogen-bond donors (Lipinski definition) is 2. The number of hydrogen-bond acceptors (Lipinski definition) is 3. The first-order valence-electron chi connectivity index (χ1n) is 5.63. The maximum atomic E-state index is 12.1. The summed E-state index contributed by atoms with van der Waals surface area (Å²) in [6.45, 7) is 6.27. The Morgan fingerprint density at radius 2 is 2.06 bits per heavy atom. The molecule has 0 bridgehead atoms. The van der Waals surface area contributed by atoms with Crippen LogP contribution < -0.4 is 5.73 Å². The highest BCUT2D eigenvalue weighted by Gasteiger charge is 2.37. The predicted octanol–water partition coefficient (Wildman–Crippen LogP) is 1.16. The Bertz CT molecular complexity index is 290. The van der Waals surface area contributed by atoms with Crippen molar-refractivity contribution in [2.75, 3.05) is 6.54 Å². The number of amidine groups is 1. The third-order valence-corrected chi connectivity index (χ3v) is 2.63. The van der Waals surface area contributed by atoms with E-state index in [9.17, 15) is 4.79 Å². The van der Waals surface area contributed by atoms with E-state index in [1.54, 1.807) is 0 Å². The van der Waals surface area contributed by atoms with Gasteiger partial charge < -0.3 is 15.8 Å². The van der Waals surface area contributed by atoms with E-state index < -0.39 is 0 Å². The van der Waals surface area contributed by atoms with E-state index in [-0.39, 0.29) is 17.2 Å². The van der Waals surface area contributed by atoms with Gasteiger partial charge in [0.2, 0.25) is 5.91 Å². The Balaban J connectivity index is 2.58. The lowest BCUT2D eigenvalue weighted by atomic mass is 9.94. The molecule has 0 aromatic carbocycles. The highest BCUT2D eigenvalue weighted by atomic mass is 16.4. The SMILES string of the molecule is CC(C)(C)C(=O)N(CCC(N)=NO)C1CC1. The fourth-order valence-corrected chi connectivity index (χ4v) is 1.55. The van der Waals surface area contributed by atoms with Gasteiger partial charge >= 0.3 is 0 Å². The molecule has 92 valence electrons. The molecule has 1 fully saturated rings. The Hall–Kier alpha value is -1.26. The Labute approximate surface area is 96.3 Å². The second kappa shape index (κ2) is 4.72. The first kappa shape index (κ1) is 12.8. The smallest absolute Gasteiger partial charge is 0.228 e. The molecule has 3 N–H and O–H groups in total. The van der Waals surface area contributed by atoms with Gasteiger partial charge in [0.05, 0.1) is 0 Å². The summed E-state index contributed by atoms with van der Waals surface area (Å²) in [6.07, 6.45) is 2.56. The van der Waals surface area contributed by atoms with Crippen LogP contribution in [0.4, 0.5) is 0 Å². The molecule has 0 atom stereocenters. The van der Waals surface area contributed by atoms with E-state index in [4.69, 9.17) is 10.9 Å². The summed E-state index contributed by atoms with van der Waals surface area (Å²) in [4.78, 5) is 14.0. The van der Waals surface area contributed by atoms with Crippen LogP contribution in [0.25, 0.3) is 0 Å². The zero-order valence-corrected chi connectivity index (χ0v) is 10.2. The van der Waals surface area contributed by atoms with Crippen LogP contribution in [0.5, 0.6) is 0 Å². The Morgan fingerprint density at radius 1 is 1.50 bits per heavy atom. The van der Waals surface area contributed by atoms with Crippen molar-refractivity contribution in [3.63, 3.8) is 0 Å². The standard InChI is InChI=1S/C11H21N3O2/c1-11(2,3)10(15)14(8-4-5-8)7-6-9(12)13-16/h8,16H,4-7H2,1-3H3,(H2,12,13). The zero-order chi connectivity index (χ0) is 12.3. The number of oxime groups is 1. The molecule has 1 aliphatic rings. The normalized spacial score (nSPS) is 17.3. The maximum absolute atomic E-state index is 12.1. The van der Waals surface area contributed by atoms with E-state index >= 15 is 0 Å². The molecule has 0 heterocycles. The zero-order valence-electron chi connectivity index (χ0n) is 10.2. The van der Waals surface area contributed by atoms with E-state index in [2.05, 4.69) is 5.16 Å². The van der Waals surface area contributed by atoms with Crippen molar-refractivity contribution in [2.24, 2.45) is 16.3 Å². The molecule has 1 rings (SSSR count). The average Bonchev–Trinajstić information content (AvgIpc) is 3.00. The first-order chi connectivity index (χ1) is 7.36. The van der Waals surface area contributed by atoms with Crippen molar-refractivity contribution in [2.45, 2.75) is 46.1 Å². The van der Waals surface area contributed by atoms with Gasteiger partial charge in [0, 0.05) is 24.4 Å². The van der Waals surface area contributed by atoms with Crippen molar-refractivity contribution in [3.8, 4) is 0 Å². The second-order valence-electron chi connectivity index (χ2n) is 5.32. The Kier molecular flexibility index (Phi) is 3.78. The number of nitrogens with zero attached hydrogens (tertiary/aromatic N) is 2. The van der Waals surface area contributed by atoms with Crippen LogP contribution in [0.3, 0.4) is 0 Å².